The first-order chi connectivity index (χ1) is 15.8. The number of hydrogen-bond donors (Lipinski definition) is 2. The van der Waals surface area contributed by atoms with Crippen molar-refractivity contribution < 1.29 is 14.3 Å². The summed E-state index contributed by atoms with van der Waals surface area (Å²) in [6.07, 6.45) is -0.598. The lowest BCUT2D eigenvalue weighted by molar-refractivity contribution is -0.124. The number of nitrogens with one attached hydrogen (secondary N) is 2. The molecule has 0 saturated heterocycles. The number of ether oxygens (including phenoxy) is 1. The van der Waals surface area contributed by atoms with Gasteiger partial charge in [-0.15, -0.1) is 0 Å². The van der Waals surface area contributed by atoms with E-state index in [9.17, 15) is 9.59 Å². The SMILES string of the molecule is CCC(OC(=O)c1ccc2nc(-c3ccc(C)cc3)[nH]c2c1)C(=O)Nc1ccc(C)c(Cl)c1. The number of aryl methyl sites for hydroxylation is 2. The van der Waals surface area contributed by atoms with Crippen LogP contribution in [-0.2, 0) is 9.53 Å². The zero-order chi connectivity index (χ0) is 23.5. The van der Waals surface area contributed by atoms with Crippen LogP contribution >= 0.6 is 11.6 Å². The molecule has 0 radical (unpaired) electrons. The highest BCUT2D eigenvalue weighted by atomic mass is 35.5. The Morgan fingerprint density at radius 1 is 1.06 bits per heavy atom. The summed E-state index contributed by atoms with van der Waals surface area (Å²) in [7, 11) is 0. The van der Waals surface area contributed by atoms with Crippen LogP contribution in [0.15, 0.2) is 60.7 Å². The van der Waals surface area contributed by atoms with E-state index in [4.69, 9.17) is 16.3 Å². The van der Waals surface area contributed by atoms with Crippen molar-refractivity contribution in [3.63, 3.8) is 0 Å². The van der Waals surface area contributed by atoms with Gasteiger partial charge in [0.25, 0.3) is 5.91 Å². The summed E-state index contributed by atoms with van der Waals surface area (Å²) < 4.78 is 5.51. The molecule has 1 aromatic heterocycles. The maximum Gasteiger partial charge on any atom is 0.338 e. The van der Waals surface area contributed by atoms with Crippen molar-refractivity contribution in [1.82, 2.24) is 9.97 Å². The van der Waals surface area contributed by atoms with E-state index >= 15 is 0 Å². The van der Waals surface area contributed by atoms with Gasteiger partial charge in [0.15, 0.2) is 6.10 Å². The van der Waals surface area contributed by atoms with Gasteiger partial charge in [0.2, 0.25) is 0 Å². The van der Waals surface area contributed by atoms with E-state index in [1.807, 2.05) is 44.2 Å². The fraction of sp³-hybridized carbons (Fsp3) is 0.192. The maximum absolute atomic E-state index is 12.8. The molecule has 0 saturated carbocycles. The molecule has 1 unspecified atom stereocenters. The molecule has 6 nitrogen and oxygen atoms in total. The third-order valence-electron chi connectivity index (χ3n) is 5.39. The lowest BCUT2D eigenvalue weighted by Gasteiger charge is -2.16. The molecule has 0 aliphatic heterocycles. The van der Waals surface area contributed by atoms with Crippen LogP contribution in [0.2, 0.25) is 5.02 Å². The van der Waals surface area contributed by atoms with Gasteiger partial charge in [-0.1, -0.05) is 54.4 Å². The Morgan fingerprint density at radius 3 is 2.52 bits per heavy atom. The molecule has 4 aromatic rings. The zero-order valence-corrected chi connectivity index (χ0v) is 19.4. The highest BCUT2D eigenvalue weighted by molar-refractivity contribution is 6.31. The monoisotopic (exact) mass is 461 g/mol. The van der Waals surface area contributed by atoms with Gasteiger partial charge in [0.1, 0.15) is 5.82 Å². The molecule has 0 aliphatic carbocycles. The van der Waals surface area contributed by atoms with Crippen LogP contribution < -0.4 is 5.32 Å². The molecule has 33 heavy (non-hydrogen) atoms. The van der Waals surface area contributed by atoms with E-state index in [1.165, 1.54) is 5.56 Å². The largest absolute Gasteiger partial charge is 0.449 e. The molecule has 0 fully saturated rings. The number of aromatic amines is 1. The van der Waals surface area contributed by atoms with Crippen LogP contribution in [0, 0.1) is 13.8 Å². The van der Waals surface area contributed by atoms with Gasteiger partial charge in [-0.3, -0.25) is 4.79 Å². The third-order valence-corrected chi connectivity index (χ3v) is 5.80. The standard InChI is InChI=1S/C26H24ClN3O3/c1-4-23(25(31)28-19-11-7-16(3)20(27)14-19)33-26(32)18-10-12-21-22(13-18)30-24(29-21)17-8-5-15(2)6-9-17/h5-14,23H,4H2,1-3H3,(H,28,31)(H,29,30). The molecule has 0 bridgehead atoms. The fourth-order valence-electron chi connectivity index (χ4n) is 3.40. The minimum Gasteiger partial charge on any atom is -0.449 e. The second kappa shape index (κ2) is 9.46. The number of anilines is 1. The number of carbonyl (C=O) groups excluding carboxylic acids is 2. The molecular formula is C26H24ClN3O3. The average Bonchev–Trinajstić information content (AvgIpc) is 3.23. The molecule has 2 N–H and O–H groups in total. The predicted molar refractivity (Wildman–Crippen MR) is 131 cm³/mol. The summed E-state index contributed by atoms with van der Waals surface area (Å²) in [4.78, 5) is 33.3. The van der Waals surface area contributed by atoms with E-state index in [0.29, 0.717) is 28.2 Å². The van der Waals surface area contributed by atoms with Crippen LogP contribution in [0.1, 0.15) is 34.8 Å². The van der Waals surface area contributed by atoms with Crippen molar-refractivity contribution in [3.05, 3.63) is 82.4 Å². The third kappa shape index (κ3) is 5.07. The molecular weight excluding hydrogens is 438 g/mol. The summed E-state index contributed by atoms with van der Waals surface area (Å²) in [6, 6.07) is 18.4. The van der Waals surface area contributed by atoms with Gasteiger partial charge in [-0.25, -0.2) is 9.78 Å². The Morgan fingerprint density at radius 2 is 1.82 bits per heavy atom. The van der Waals surface area contributed by atoms with Gasteiger partial charge in [0, 0.05) is 16.3 Å². The first-order valence-corrected chi connectivity index (χ1v) is 11.1. The van der Waals surface area contributed by atoms with Crippen LogP contribution in [-0.4, -0.2) is 27.9 Å². The quantitative estimate of drug-likeness (QED) is 0.341. The number of hydrogen-bond acceptors (Lipinski definition) is 4. The average molecular weight is 462 g/mol. The number of aromatic nitrogens is 2. The number of nitrogens with zero attached hydrogens (tertiary/aromatic N) is 1. The van der Waals surface area contributed by atoms with Crippen molar-refractivity contribution in [1.29, 1.82) is 0 Å². The Bertz CT molecular complexity index is 1330. The summed E-state index contributed by atoms with van der Waals surface area (Å²) in [5, 5.41) is 3.31. The lowest BCUT2D eigenvalue weighted by Crippen LogP contribution is -2.32. The normalized spacial score (nSPS) is 11.9. The number of imidazole rings is 1. The van der Waals surface area contributed by atoms with E-state index in [1.54, 1.807) is 37.3 Å². The number of rotatable bonds is 6. The van der Waals surface area contributed by atoms with Crippen molar-refractivity contribution in [3.8, 4) is 11.4 Å². The molecule has 0 spiro atoms. The number of halogens is 1. The Kier molecular flexibility index (Phi) is 6.47. The first-order valence-electron chi connectivity index (χ1n) is 10.7. The second-order valence-electron chi connectivity index (χ2n) is 7.94. The molecule has 1 atom stereocenters. The summed E-state index contributed by atoms with van der Waals surface area (Å²) in [5.74, 6) is -0.263. The molecule has 3 aromatic carbocycles. The Balaban J connectivity index is 1.48. The Hall–Kier alpha value is -3.64. The van der Waals surface area contributed by atoms with Crippen LogP contribution in [0.3, 0.4) is 0 Å². The number of carbonyl (C=O) groups is 2. The number of H-pyrrole nitrogens is 1. The molecule has 7 heteroatoms. The van der Waals surface area contributed by atoms with E-state index in [2.05, 4.69) is 15.3 Å². The first kappa shape index (κ1) is 22.6. The van der Waals surface area contributed by atoms with E-state index < -0.39 is 18.0 Å². The second-order valence-corrected chi connectivity index (χ2v) is 8.35. The molecule has 168 valence electrons. The molecule has 4 rings (SSSR count). The number of fused-ring (bicyclic) bond motifs is 1. The van der Waals surface area contributed by atoms with E-state index in [0.717, 1.165) is 22.5 Å². The van der Waals surface area contributed by atoms with Gasteiger partial charge in [-0.2, -0.15) is 0 Å². The van der Waals surface area contributed by atoms with Crippen LogP contribution in [0.5, 0.6) is 0 Å². The topological polar surface area (TPSA) is 84.1 Å². The lowest BCUT2D eigenvalue weighted by atomic mass is 10.1. The van der Waals surface area contributed by atoms with Crippen LogP contribution in [0.25, 0.3) is 22.4 Å². The van der Waals surface area contributed by atoms with Crippen molar-refractivity contribution >= 4 is 40.2 Å². The van der Waals surface area contributed by atoms with Gasteiger partial charge in [0.05, 0.1) is 16.6 Å². The van der Waals surface area contributed by atoms with Crippen molar-refractivity contribution in [2.45, 2.75) is 33.3 Å². The zero-order valence-electron chi connectivity index (χ0n) is 18.6. The number of esters is 1. The Labute approximate surface area is 197 Å². The minimum absolute atomic E-state index is 0.334. The minimum atomic E-state index is -0.932. The van der Waals surface area contributed by atoms with Crippen molar-refractivity contribution in [2.24, 2.45) is 0 Å². The molecule has 1 heterocycles. The van der Waals surface area contributed by atoms with Gasteiger partial charge < -0.3 is 15.0 Å². The van der Waals surface area contributed by atoms with E-state index in [-0.39, 0.29) is 0 Å². The van der Waals surface area contributed by atoms with Crippen molar-refractivity contribution in [2.75, 3.05) is 5.32 Å². The van der Waals surface area contributed by atoms with Gasteiger partial charge in [-0.05, 0) is 56.2 Å². The van der Waals surface area contributed by atoms with Gasteiger partial charge >= 0.3 is 5.97 Å². The summed E-state index contributed by atoms with van der Waals surface area (Å²) in [6.45, 7) is 5.69. The summed E-state index contributed by atoms with van der Waals surface area (Å²) >= 11 is 6.13. The highest BCUT2D eigenvalue weighted by Gasteiger charge is 2.23. The highest BCUT2D eigenvalue weighted by Crippen LogP contribution is 2.23. The summed E-state index contributed by atoms with van der Waals surface area (Å²) in [5.41, 5.74) is 5.38. The smallest absolute Gasteiger partial charge is 0.338 e. The number of benzene rings is 3. The predicted octanol–water partition coefficient (Wildman–Crippen LogP) is 6.07. The maximum atomic E-state index is 12.8. The number of amides is 1. The van der Waals surface area contributed by atoms with Crippen LogP contribution in [0.4, 0.5) is 5.69 Å². The fourth-order valence-corrected chi connectivity index (χ4v) is 3.58. The molecule has 1 amide bonds. The molecule has 0 aliphatic rings.